The highest BCUT2D eigenvalue weighted by Gasteiger charge is 2.49. The van der Waals surface area contributed by atoms with E-state index in [0.29, 0.717) is 5.56 Å². The number of aliphatic hydroxyl groups excluding tert-OH is 5. The van der Waals surface area contributed by atoms with E-state index in [1.807, 2.05) is 0 Å². The van der Waals surface area contributed by atoms with Gasteiger partial charge in [-0.1, -0.05) is 6.07 Å². The average Bonchev–Trinajstić information content (AvgIpc) is 3.10. The number of fused-ring (bicyclic) bond motifs is 2. The highest BCUT2D eigenvalue weighted by molar-refractivity contribution is 5.74. The number of hydrogen-bond acceptors (Lipinski definition) is 15. The van der Waals surface area contributed by atoms with Crippen LogP contribution < -0.4 is 4.74 Å². The Kier molecular flexibility index (Phi) is 8.82. The molecule has 52 heavy (non-hydrogen) atoms. The molecular weight excluding hydrogens is 688 g/mol. The monoisotopic (exact) mass is 723 g/mol. The SMILES string of the molecule is OC[C@H]1O[C@@H](OC2=Cc3c(O)cc(O)c([C@@H]4c5c(O)cc(O)cc5O[C@H](c5ccc(O)c(O)c5)[C@@H]4O)c3[OH+]C2c2ccc(O)cc2)[C@@H](O)[C@@H](O)[C@@H]1O. The fraction of sp³-hybridized carbons (Fsp3) is 0.278. The van der Waals surface area contributed by atoms with Crippen molar-refractivity contribution in [1.29, 1.82) is 0 Å². The Morgan fingerprint density at radius 1 is 0.635 bits per heavy atom. The molecule has 9 atom stereocenters. The molecule has 1 unspecified atom stereocenters. The van der Waals surface area contributed by atoms with Crippen LogP contribution in [0.2, 0.25) is 0 Å². The maximum absolute atomic E-state index is 12.0. The molecule has 16 nitrogen and oxygen atoms in total. The van der Waals surface area contributed by atoms with Gasteiger partial charge in [0.25, 0.3) is 11.9 Å². The van der Waals surface area contributed by atoms with Gasteiger partial charge in [-0.2, -0.15) is 0 Å². The molecule has 0 radical (unpaired) electrons. The van der Waals surface area contributed by atoms with Crippen LogP contribution in [0.3, 0.4) is 0 Å². The van der Waals surface area contributed by atoms with Crippen molar-refractivity contribution < 1.29 is 80.2 Å². The molecule has 0 amide bonds. The van der Waals surface area contributed by atoms with Gasteiger partial charge >= 0.3 is 0 Å². The predicted molar refractivity (Wildman–Crippen MR) is 176 cm³/mol. The molecule has 7 rings (SSSR count). The van der Waals surface area contributed by atoms with E-state index >= 15 is 0 Å². The van der Waals surface area contributed by atoms with Gasteiger partial charge in [0.2, 0.25) is 6.29 Å². The van der Waals surface area contributed by atoms with E-state index < -0.39 is 96.0 Å². The third kappa shape index (κ3) is 5.86. The van der Waals surface area contributed by atoms with Crippen molar-refractivity contribution in [2.24, 2.45) is 0 Å². The van der Waals surface area contributed by atoms with Crippen molar-refractivity contribution in [2.75, 3.05) is 6.61 Å². The van der Waals surface area contributed by atoms with Gasteiger partial charge in [0.05, 0.1) is 18.1 Å². The first kappa shape index (κ1) is 34.8. The van der Waals surface area contributed by atoms with Crippen LogP contribution in [0.4, 0.5) is 0 Å². The summed E-state index contributed by atoms with van der Waals surface area (Å²) in [6.07, 6.45) is -11.1. The highest BCUT2D eigenvalue weighted by Crippen LogP contribution is 2.58. The summed E-state index contributed by atoms with van der Waals surface area (Å²) >= 11 is 0. The Bertz CT molecular complexity index is 2030. The molecule has 274 valence electrons. The average molecular weight is 724 g/mol. The number of phenolic OH excluding ortho intramolecular Hbond substituents is 7. The largest absolute Gasteiger partial charge is 0.571 e. The minimum absolute atomic E-state index is 0.0697. The van der Waals surface area contributed by atoms with Gasteiger partial charge in [0.1, 0.15) is 76.1 Å². The number of benzene rings is 4. The van der Waals surface area contributed by atoms with Crippen molar-refractivity contribution in [3.8, 4) is 51.7 Å². The molecule has 3 aliphatic rings. The van der Waals surface area contributed by atoms with Crippen LogP contribution in [0.15, 0.2) is 66.4 Å². The fourth-order valence-corrected chi connectivity index (χ4v) is 6.83. The summed E-state index contributed by atoms with van der Waals surface area (Å²) in [5, 5.41) is 127. The van der Waals surface area contributed by atoms with Crippen molar-refractivity contribution >= 4 is 6.08 Å². The molecule has 3 aliphatic heterocycles. The molecule has 16 heteroatoms. The smallest absolute Gasteiger partial charge is 0.274 e. The fourth-order valence-electron chi connectivity index (χ4n) is 6.83. The number of ether oxygens (including phenoxy) is 4. The number of phenols is 7. The summed E-state index contributed by atoms with van der Waals surface area (Å²) in [7, 11) is 0. The molecule has 13 N–H and O–H groups in total. The highest BCUT2D eigenvalue weighted by atomic mass is 16.7. The van der Waals surface area contributed by atoms with Gasteiger partial charge in [0.15, 0.2) is 23.4 Å². The van der Waals surface area contributed by atoms with E-state index in [4.69, 9.17) is 18.9 Å². The van der Waals surface area contributed by atoms with Crippen LogP contribution in [0.25, 0.3) is 6.08 Å². The quantitative estimate of drug-likeness (QED) is 0.0990. The zero-order valence-electron chi connectivity index (χ0n) is 26.8. The first-order valence-corrected chi connectivity index (χ1v) is 16.0. The molecule has 1 saturated heterocycles. The first-order valence-electron chi connectivity index (χ1n) is 16.0. The van der Waals surface area contributed by atoms with Gasteiger partial charge in [-0.05, 0) is 42.0 Å². The van der Waals surface area contributed by atoms with Gasteiger partial charge in [-0.25, -0.2) is 0 Å². The van der Waals surface area contributed by atoms with Crippen LogP contribution in [0.5, 0.6) is 51.7 Å². The van der Waals surface area contributed by atoms with E-state index in [1.54, 1.807) is 0 Å². The summed E-state index contributed by atoms with van der Waals surface area (Å²) < 4.78 is 22.4. The van der Waals surface area contributed by atoms with Crippen LogP contribution in [-0.4, -0.2) is 109 Å². The second kappa shape index (κ2) is 13.2. The summed E-state index contributed by atoms with van der Waals surface area (Å²) in [6, 6.07) is 12.5. The molecule has 0 saturated carbocycles. The van der Waals surface area contributed by atoms with Crippen LogP contribution in [-0.2, 0) is 9.47 Å². The van der Waals surface area contributed by atoms with Crippen molar-refractivity contribution in [2.45, 2.75) is 54.9 Å². The Morgan fingerprint density at radius 2 is 1.33 bits per heavy atom. The third-order valence-electron chi connectivity index (χ3n) is 9.42. The summed E-state index contributed by atoms with van der Waals surface area (Å²) in [4.78, 5) is 0. The minimum atomic E-state index is -1.81. The standard InChI is InChI=1S/C36H34O16/c37-12-25-29(45)31(47)32(48)36(51-25)50-24-10-17-19(41)11-22(44)27(35(17)52-33(24)13-1-4-15(38)5-2-13)28-26-21(43)8-16(39)9-23(26)49-34(30(28)46)14-3-6-18(40)20(42)7-14/h1-11,25,28-34,36-48H,12H2/p+1/t25-,28+,29-,30-,31+,32+,33?,34-,36-/m1/s1. The van der Waals surface area contributed by atoms with Crippen molar-refractivity contribution in [3.63, 3.8) is 0 Å². The third-order valence-corrected chi connectivity index (χ3v) is 9.42. The molecule has 0 aliphatic carbocycles. The summed E-state index contributed by atoms with van der Waals surface area (Å²) in [5.41, 5.74) is 0.274. The number of aliphatic hydroxyl groups is 6. The van der Waals surface area contributed by atoms with Crippen molar-refractivity contribution in [3.05, 3.63) is 94.2 Å². The lowest BCUT2D eigenvalue weighted by atomic mass is 9.78. The molecule has 4 aromatic carbocycles. The second-order valence-corrected chi connectivity index (χ2v) is 12.7. The lowest BCUT2D eigenvalue weighted by Crippen LogP contribution is -2.59. The van der Waals surface area contributed by atoms with Crippen LogP contribution in [0, 0.1) is 0 Å². The molecule has 0 aromatic heterocycles. The molecule has 1 fully saturated rings. The molecule has 0 bridgehead atoms. The maximum Gasteiger partial charge on any atom is 0.274 e. The van der Waals surface area contributed by atoms with Gasteiger partial charge in [-0.3, -0.25) is 0 Å². The van der Waals surface area contributed by atoms with Gasteiger partial charge in [0, 0.05) is 29.8 Å². The minimum Gasteiger partial charge on any atom is -0.571 e. The summed E-state index contributed by atoms with van der Waals surface area (Å²) in [5.74, 6) is -4.79. The van der Waals surface area contributed by atoms with Crippen LogP contribution >= 0.6 is 0 Å². The van der Waals surface area contributed by atoms with Crippen molar-refractivity contribution in [1.82, 2.24) is 0 Å². The molecule has 0 spiro atoms. The Balaban J connectivity index is 1.40. The predicted octanol–water partition coefficient (Wildman–Crippen LogP) is 1.41. The van der Waals surface area contributed by atoms with E-state index in [1.165, 1.54) is 48.5 Å². The van der Waals surface area contributed by atoms with E-state index in [0.717, 1.165) is 18.2 Å². The van der Waals surface area contributed by atoms with Gasteiger partial charge in [-0.15, -0.1) is 0 Å². The molecule has 4 aromatic rings. The Hall–Kier alpha value is -5.62. The first-order chi connectivity index (χ1) is 24.8. The Morgan fingerprint density at radius 3 is 2.02 bits per heavy atom. The van der Waals surface area contributed by atoms with E-state index in [2.05, 4.69) is 0 Å². The normalized spacial score (nSPS) is 28.1. The Labute approximate surface area is 293 Å². The molecular formula is C36H35O16+. The lowest BCUT2D eigenvalue weighted by molar-refractivity contribution is -0.295. The second-order valence-electron chi connectivity index (χ2n) is 12.7. The molecule has 3 heterocycles. The topological polar surface area (TPSA) is 283 Å². The van der Waals surface area contributed by atoms with E-state index in [-0.39, 0.29) is 45.3 Å². The number of aromatic hydroxyl groups is 8. The lowest BCUT2D eigenvalue weighted by Gasteiger charge is -2.41. The number of hydrogen-bond donors (Lipinski definition) is 12. The van der Waals surface area contributed by atoms with Crippen LogP contribution in [0.1, 0.15) is 45.9 Å². The van der Waals surface area contributed by atoms with E-state index in [9.17, 15) is 61.3 Å². The zero-order chi connectivity index (χ0) is 37.2. The maximum atomic E-state index is 12.0. The summed E-state index contributed by atoms with van der Waals surface area (Å²) in [6.45, 7) is -0.730. The number of rotatable bonds is 6. The van der Waals surface area contributed by atoms with Gasteiger partial charge < -0.3 is 80.2 Å². The zero-order valence-corrected chi connectivity index (χ0v) is 26.8.